The number of oxazole rings is 1. The molecule has 0 spiro atoms. The average Bonchev–Trinajstić information content (AvgIpc) is 3.05. The van der Waals surface area contributed by atoms with Gasteiger partial charge in [0.05, 0.1) is 18.7 Å². The molecule has 0 bridgehead atoms. The molecule has 1 amide bonds. The Bertz CT molecular complexity index is 632. The third-order valence-electron chi connectivity index (χ3n) is 3.82. The van der Waals surface area contributed by atoms with Crippen molar-refractivity contribution in [3.63, 3.8) is 0 Å². The second kappa shape index (κ2) is 6.62. The summed E-state index contributed by atoms with van der Waals surface area (Å²) >= 11 is 1.60. The van der Waals surface area contributed by atoms with Gasteiger partial charge in [-0.2, -0.15) is 11.3 Å². The maximum absolute atomic E-state index is 12.5. The zero-order chi connectivity index (χ0) is 15.5. The van der Waals surface area contributed by atoms with E-state index in [1.165, 1.54) is 0 Å². The lowest BCUT2D eigenvalue weighted by Gasteiger charge is -2.21. The molecule has 6 heteroatoms. The molecular formula is C16H20N2O3S. The largest absolute Gasteiger partial charge is 0.441 e. The molecule has 2 aromatic heterocycles. The van der Waals surface area contributed by atoms with Crippen molar-refractivity contribution in [3.05, 3.63) is 28.3 Å². The predicted molar refractivity (Wildman–Crippen MR) is 84.9 cm³/mol. The molecule has 1 aliphatic carbocycles. The smallest absolute Gasteiger partial charge is 0.229 e. The van der Waals surface area contributed by atoms with E-state index >= 15 is 0 Å². The Hall–Kier alpha value is -1.66. The third-order valence-corrected chi connectivity index (χ3v) is 4.51. The molecule has 0 atom stereocenters. The molecule has 118 valence electrons. The number of amides is 1. The maximum Gasteiger partial charge on any atom is 0.229 e. The van der Waals surface area contributed by atoms with Crippen molar-refractivity contribution in [2.24, 2.45) is 0 Å². The number of methoxy groups -OCH3 is 1. The highest BCUT2D eigenvalue weighted by Gasteiger charge is 2.32. The van der Waals surface area contributed by atoms with Crippen LogP contribution in [0.4, 0.5) is 0 Å². The van der Waals surface area contributed by atoms with E-state index in [1.807, 2.05) is 28.7 Å². The Balaban J connectivity index is 1.70. The molecular weight excluding hydrogens is 300 g/mol. The first-order valence-corrected chi connectivity index (χ1v) is 8.40. The number of aryl methyl sites for hydroxylation is 1. The topological polar surface area (TPSA) is 55.6 Å². The molecule has 0 saturated heterocycles. The van der Waals surface area contributed by atoms with E-state index in [1.54, 1.807) is 18.4 Å². The summed E-state index contributed by atoms with van der Waals surface area (Å²) in [5.74, 6) is 1.42. The van der Waals surface area contributed by atoms with Crippen LogP contribution in [0.3, 0.4) is 0 Å². The van der Waals surface area contributed by atoms with E-state index in [-0.39, 0.29) is 5.91 Å². The Morgan fingerprint density at radius 1 is 1.55 bits per heavy atom. The van der Waals surface area contributed by atoms with Gasteiger partial charge < -0.3 is 14.1 Å². The first kappa shape index (κ1) is 15.2. The number of hydrogen-bond donors (Lipinski definition) is 0. The highest BCUT2D eigenvalue weighted by molar-refractivity contribution is 7.08. The number of hydrogen-bond acceptors (Lipinski definition) is 5. The van der Waals surface area contributed by atoms with Crippen LogP contribution in [-0.2, 0) is 16.0 Å². The Labute approximate surface area is 133 Å². The minimum Gasteiger partial charge on any atom is -0.441 e. The molecule has 0 unspecified atom stereocenters. The fourth-order valence-corrected chi connectivity index (χ4v) is 3.06. The van der Waals surface area contributed by atoms with E-state index < -0.39 is 0 Å². The van der Waals surface area contributed by atoms with Gasteiger partial charge in [0, 0.05) is 30.6 Å². The zero-order valence-corrected chi connectivity index (χ0v) is 13.7. The van der Waals surface area contributed by atoms with Crippen molar-refractivity contribution >= 4 is 17.2 Å². The average molecular weight is 320 g/mol. The van der Waals surface area contributed by atoms with E-state index in [2.05, 4.69) is 4.98 Å². The third kappa shape index (κ3) is 3.39. The van der Waals surface area contributed by atoms with Gasteiger partial charge in [-0.05, 0) is 31.2 Å². The van der Waals surface area contributed by atoms with Crippen LogP contribution >= 0.6 is 11.3 Å². The number of rotatable bonds is 7. The van der Waals surface area contributed by atoms with Gasteiger partial charge in [-0.15, -0.1) is 0 Å². The number of nitrogens with zero attached hydrogens (tertiary/aromatic N) is 2. The molecule has 1 aliphatic rings. The molecule has 1 saturated carbocycles. The van der Waals surface area contributed by atoms with Crippen LogP contribution in [0.15, 0.2) is 21.2 Å². The molecule has 0 aliphatic heterocycles. The molecule has 0 aromatic carbocycles. The van der Waals surface area contributed by atoms with Crippen LogP contribution in [0.25, 0.3) is 11.5 Å². The van der Waals surface area contributed by atoms with Crippen molar-refractivity contribution in [3.8, 4) is 11.5 Å². The quantitative estimate of drug-likeness (QED) is 0.787. The van der Waals surface area contributed by atoms with Crippen molar-refractivity contribution in [2.75, 3.05) is 20.3 Å². The number of ether oxygens (including phenoxy) is 1. The van der Waals surface area contributed by atoms with Gasteiger partial charge in [0.25, 0.3) is 0 Å². The SMILES string of the molecule is COCCN(C(=O)Cc1nc(-c2ccsc2)oc1C)C1CC1. The summed E-state index contributed by atoms with van der Waals surface area (Å²) in [5.41, 5.74) is 1.69. The van der Waals surface area contributed by atoms with E-state index in [0.29, 0.717) is 31.5 Å². The normalized spacial score (nSPS) is 14.3. The minimum absolute atomic E-state index is 0.104. The summed E-state index contributed by atoms with van der Waals surface area (Å²) in [6.07, 6.45) is 2.47. The fourth-order valence-electron chi connectivity index (χ4n) is 2.43. The Morgan fingerprint density at radius 3 is 3.00 bits per heavy atom. The monoisotopic (exact) mass is 320 g/mol. The molecule has 0 radical (unpaired) electrons. The number of thiophene rings is 1. The van der Waals surface area contributed by atoms with Gasteiger partial charge in [0.1, 0.15) is 5.76 Å². The summed E-state index contributed by atoms with van der Waals surface area (Å²) in [6.45, 7) is 3.08. The number of aromatic nitrogens is 1. The van der Waals surface area contributed by atoms with Crippen LogP contribution in [0.2, 0.25) is 0 Å². The molecule has 0 N–H and O–H groups in total. The minimum atomic E-state index is 0.104. The van der Waals surface area contributed by atoms with E-state index in [4.69, 9.17) is 9.15 Å². The van der Waals surface area contributed by atoms with Gasteiger partial charge in [-0.25, -0.2) is 4.98 Å². The van der Waals surface area contributed by atoms with E-state index in [9.17, 15) is 4.79 Å². The first-order valence-electron chi connectivity index (χ1n) is 7.46. The van der Waals surface area contributed by atoms with Gasteiger partial charge >= 0.3 is 0 Å². The standard InChI is InChI=1S/C16H20N2O3S/c1-11-14(17-16(21-11)12-5-8-22-10-12)9-15(19)18(6-7-20-2)13-3-4-13/h5,8,10,13H,3-4,6-7,9H2,1-2H3. The van der Waals surface area contributed by atoms with Crippen LogP contribution in [0.1, 0.15) is 24.3 Å². The van der Waals surface area contributed by atoms with Gasteiger partial charge in [0.2, 0.25) is 11.8 Å². The van der Waals surface area contributed by atoms with Gasteiger partial charge in [0.15, 0.2) is 0 Å². The lowest BCUT2D eigenvalue weighted by atomic mass is 10.2. The fraction of sp³-hybridized carbons (Fsp3) is 0.500. The van der Waals surface area contributed by atoms with Crippen molar-refractivity contribution in [1.82, 2.24) is 9.88 Å². The summed E-state index contributed by atoms with van der Waals surface area (Å²) < 4.78 is 10.8. The second-order valence-electron chi connectivity index (χ2n) is 5.52. The molecule has 5 nitrogen and oxygen atoms in total. The first-order chi connectivity index (χ1) is 10.7. The highest BCUT2D eigenvalue weighted by Crippen LogP contribution is 2.28. The summed E-state index contributed by atoms with van der Waals surface area (Å²) in [7, 11) is 1.66. The second-order valence-corrected chi connectivity index (χ2v) is 6.30. The van der Waals surface area contributed by atoms with Crippen molar-refractivity contribution < 1.29 is 13.9 Å². The predicted octanol–water partition coefficient (Wildman–Crippen LogP) is 2.89. The summed E-state index contributed by atoms with van der Waals surface area (Å²) in [5, 5.41) is 3.98. The van der Waals surface area contributed by atoms with E-state index in [0.717, 1.165) is 29.9 Å². The maximum atomic E-state index is 12.5. The molecule has 22 heavy (non-hydrogen) atoms. The Kier molecular flexibility index (Phi) is 4.59. The summed E-state index contributed by atoms with van der Waals surface area (Å²) in [6, 6.07) is 2.35. The van der Waals surface area contributed by atoms with Crippen LogP contribution in [0, 0.1) is 6.92 Å². The molecule has 3 rings (SSSR count). The highest BCUT2D eigenvalue weighted by atomic mass is 32.1. The van der Waals surface area contributed by atoms with Crippen LogP contribution in [0.5, 0.6) is 0 Å². The number of carbonyl (C=O) groups is 1. The van der Waals surface area contributed by atoms with Gasteiger partial charge in [-0.1, -0.05) is 0 Å². The Morgan fingerprint density at radius 2 is 2.36 bits per heavy atom. The molecule has 2 heterocycles. The van der Waals surface area contributed by atoms with Crippen molar-refractivity contribution in [1.29, 1.82) is 0 Å². The zero-order valence-electron chi connectivity index (χ0n) is 12.9. The van der Waals surface area contributed by atoms with Crippen LogP contribution < -0.4 is 0 Å². The van der Waals surface area contributed by atoms with Gasteiger partial charge in [-0.3, -0.25) is 4.79 Å². The lowest BCUT2D eigenvalue weighted by Crippen LogP contribution is -2.37. The molecule has 1 fully saturated rings. The lowest BCUT2D eigenvalue weighted by molar-refractivity contribution is -0.131. The van der Waals surface area contributed by atoms with Crippen LogP contribution in [-0.4, -0.2) is 42.1 Å². The van der Waals surface area contributed by atoms with Crippen molar-refractivity contribution in [2.45, 2.75) is 32.2 Å². The number of carbonyl (C=O) groups excluding carboxylic acids is 1. The summed E-state index contributed by atoms with van der Waals surface area (Å²) in [4.78, 5) is 19.0. The molecule has 2 aromatic rings.